The summed E-state index contributed by atoms with van der Waals surface area (Å²) in [4.78, 5) is 18.8. The molecule has 0 aliphatic carbocycles. The van der Waals surface area contributed by atoms with Crippen LogP contribution in [0.5, 0.6) is 0 Å². The summed E-state index contributed by atoms with van der Waals surface area (Å²) in [7, 11) is 0. The molecule has 3 heterocycles. The van der Waals surface area contributed by atoms with E-state index >= 15 is 0 Å². The third kappa shape index (κ3) is 3.40. The molecule has 2 aliphatic rings. The van der Waals surface area contributed by atoms with E-state index < -0.39 is 11.6 Å². The van der Waals surface area contributed by atoms with E-state index in [4.69, 9.17) is 9.47 Å². The first-order valence-corrected chi connectivity index (χ1v) is 8.69. The summed E-state index contributed by atoms with van der Waals surface area (Å²) >= 11 is 0. The van der Waals surface area contributed by atoms with Crippen LogP contribution in [0.3, 0.4) is 0 Å². The molecule has 0 atom stereocenters. The molecule has 26 heavy (non-hydrogen) atoms. The molecule has 1 N–H and O–H groups in total. The van der Waals surface area contributed by atoms with Gasteiger partial charge in [0.2, 0.25) is 0 Å². The second-order valence-electron chi connectivity index (χ2n) is 6.46. The topological polar surface area (TPSA) is 63.7 Å². The maximum atomic E-state index is 13.7. The number of hydrogen-bond donors (Lipinski definition) is 1. The van der Waals surface area contributed by atoms with E-state index in [-0.39, 0.29) is 11.6 Å². The van der Waals surface area contributed by atoms with Crippen molar-refractivity contribution in [2.45, 2.75) is 18.6 Å². The number of hydrogen-bond acceptors (Lipinski definition) is 5. The highest BCUT2D eigenvalue weighted by Crippen LogP contribution is 2.33. The SMILES string of the molecule is O=C(Nc1ccccc1F)c1cncc(N2CCC3(CC2)OCCO3)c1. The first kappa shape index (κ1) is 16.9. The molecule has 0 unspecified atom stereocenters. The Bertz CT molecular complexity index is 798. The minimum Gasteiger partial charge on any atom is -0.370 e. The normalized spacial score (nSPS) is 18.9. The van der Waals surface area contributed by atoms with Gasteiger partial charge in [0, 0.05) is 32.1 Å². The lowest BCUT2D eigenvalue weighted by Crippen LogP contribution is -2.45. The third-order valence-corrected chi connectivity index (χ3v) is 4.81. The number of anilines is 2. The van der Waals surface area contributed by atoms with Crippen LogP contribution in [0.25, 0.3) is 0 Å². The molecule has 0 bridgehead atoms. The number of pyridine rings is 1. The minimum absolute atomic E-state index is 0.151. The maximum Gasteiger partial charge on any atom is 0.257 e. The molecule has 7 heteroatoms. The van der Waals surface area contributed by atoms with Crippen molar-refractivity contribution < 1.29 is 18.7 Å². The Morgan fingerprint density at radius 1 is 1.15 bits per heavy atom. The van der Waals surface area contributed by atoms with Crippen LogP contribution in [-0.4, -0.2) is 43.0 Å². The Hall–Kier alpha value is -2.51. The van der Waals surface area contributed by atoms with Gasteiger partial charge in [-0.2, -0.15) is 0 Å². The molecule has 0 saturated carbocycles. The Morgan fingerprint density at radius 2 is 1.88 bits per heavy atom. The predicted octanol–water partition coefficient (Wildman–Crippen LogP) is 2.82. The van der Waals surface area contributed by atoms with E-state index in [1.807, 2.05) is 0 Å². The molecule has 1 aromatic carbocycles. The highest BCUT2D eigenvalue weighted by molar-refractivity contribution is 6.04. The monoisotopic (exact) mass is 357 g/mol. The van der Waals surface area contributed by atoms with E-state index in [0.29, 0.717) is 18.8 Å². The molecule has 0 radical (unpaired) electrons. The zero-order valence-electron chi connectivity index (χ0n) is 14.3. The quantitative estimate of drug-likeness (QED) is 0.915. The lowest BCUT2D eigenvalue weighted by molar-refractivity contribution is -0.169. The number of amides is 1. The van der Waals surface area contributed by atoms with Gasteiger partial charge >= 0.3 is 0 Å². The predicted molar refractivity (Wildman–Crippen MR) is 94.7 cm³/mol. The van der Waals surface area contributed by atoms with Crippen molar-refractivity contribution >= 4 is 17.3 Å². The molecule has 1 amide bonds. The van der Waals surface area contributed by atoms with Crippen LogP contribution in [0.2, 0.25) is 0 Å². The first-order chi connectivity index (χ1) is 12.7. The molecular formula is C19H20FN3O3. The summed E-state index contributed by atoms with van der Waals surface area (Å²) < 4.78 is 25.2. The molecule has 1 aromatic heterocycles. The van der Waals surface area contributed by atoms with Gasteiger partial charge in [-0.15, -0.1) is 0 Å². The molecule has 2 saturated heterocycles. The number of aromatic nitrogens is 1. The fraction of sp³-hybridized carbons (Fsp3) is 0.368. The summed E-state index contributed by atoms with van der Waals surface area (Å²) in [6.45, 7) is 2.82. The van der Waals surface area contributed by atoms with Crippen molar-refractivity contribution in [2.24, 2.45) is 0 Å². The molecule has 136 valence electrons. The first-order valence-electron chi connectivity index (χ1n) is 8.69. The largest absolute Gasteiger partial charge is 0.370 e. The van der Waals surface area contributed by atoms with Gasteiger partial charge in [-0.1, -0.05) is 12.1 Å². The van der Waals surface area contributed by atoms with Crippen LogP contribution in [0, 0.1) is 5.82 Å². The third-order valence-electron chi connectivity index (χ3n) is 4.81. The molecule has 2 aromatic rings. The number of benzene rings is 1. The number of nitrogens with zero attached hydrogens (tertiary/aromatic N) is 2. The standard InChI is InChI=1S/C19H20FN3O3/c20-16-3-1-2-4-17(16)22-18(24)14-11-15(13-21-12-14)23-7-5-19(6-8-23)25-9-10-26-19/h1-4,11-13H,5-10H2,(H,22,24). The van der Waals surface area contributed by atoms with Crippen LogP contribution in [0.4, 0.5) is 15.8 Å². The van der Waals surface area contributed by atoms with Crippen LogP contribution in [0.15, 0.2) is 42.7 Å². The van der Waals surface area contributed by atoms with Crippen LogP contribution in [0.1, 0.15) is 23.2 Å². The van der Waals surface area contributed by atoms with Gasteiger partial charge in [0.1, 0.15) is 5.82 Å². The Labute approximate surface area is 150 Å². The average molecular weight is 357 g/mol. The fourth-order valence-electron chi connectivity index (χ4n) is 3.37. The number of para-hydroxylation sites is 1. The van der Waals surface area contributed by atoms with Gasteiger partial charge in [0.05, 0.1) is 36.3 Å². The number of piperidine rings is 1. The van der Waals surface area contributed by atoms with Gasteiger partial charge in [-0.25, -0.2) is 4.39 Å². The number of rotatable bonds is 3. The van der Waals surface area contributed by atoms with Crippen molar-refractivity contribution in [3.63, 3.8) is 0 Å². The van der Waals surface area contributed by atoms with Crippen molar-refractivity contribution in [3.05, 3.63) is 54.1 Å². The second kappa shape index (κ2) is 7.01. The van der Waals surface area contributed by atoms with Gasteiger partial charge < -0.3 is 19.7 Å². The Morgan fingerprint density at radius 3 is 2.62 bits per heavy atom. The van der Waals surface area contributed by atoms with E-state index in [1.165, 1.54) is 18.3 Å². The Kier molecular flexibility index (Phi) is 4.57. The van der Waals surface area contributed by atoms with Crippen molar-refractivity contribution in [1.29, 1.82) is 0 Å². The summed E-state index contributed by atoms with van der Waals surface area (Å²) in [5.41, 5.74) is 1.40. The van der Waals surface area contributed by atoms with Crippen molar-refractivity contribution in [1.82, 2.24) is 4.98 Å². The second-order valence-corrected chi connectivity index (χ2v) is 6.46. The molecule has 2 fully saturated rings. The van der Waals surface area contributed by atoms with Gasteiger partial charge in [-0.3, -0.25) is 9.78 Å². The molecule has 6 nitrogen and oxygen atoms in total. The lowest BCUT2D eigenvalue weighted by Gasteiger charge is -2.38. The van der Waals surface area contributed by atoms with E-state index in [2.05, 4.69) is 15.2 Å². The van der Waals surface area contributed by atoms with Crippen molar-refractivity contribution in [2.75, 3.05) is 36.5 Å². The van der Waals surface area contributed by atoms with Crippen LogP contribution < -0.4 is 10.2 Å². The summed E-state index contributed by atoms with van der Waals surface area (Å²) in [5.74, 6) is -1.30. The number of ether oxygens (including phenoxy) is 2. The Balaban J connectivity index is 1.45. The molecule has 4 rings (SSSR count). The van der Waals surface area contributed by atoms with E-state index in [9.17, 15) is 9.18 Å². The zero-order valence-corrected chi connectivity index (χ0v) is 14.3. The van der Waals surface area contributed by atoms with Gasteiger partial charge in [0.15, 0.2) is 5.79 Å². The van der Waals surface area contributed by atoms with Gasteiger partial charge in [0.25, 0.3) is 5.91 Å². The molecule has 1 spiro atoms. The summed E-state index contributed by atoms with van der Waals surface area (Å²) in [6.07, 6.45) is 4.76. The molecule has 2 aliphatic heterocycles. The van der Waals surface area contributed by atoms with E-state index in [1.54, 1.807) is 24.4 Å². The summed E-state index contributed by atoms with van der Waals surface area (Å²) in [5, 5.41) is 2.58. The highest BCUT2D eigenvalue weighted by Gasteiger charge is 2.39. The van der Waals surface area contributed by atoms with E-state index in [0.717, 1.165) is 31.6 Å². The molecular weight excluding hydrogens is 337 g/mol. The van der Waals surface area contributed by atoms with Crippen LogP contribution in [-0.2, 0) is 9.47 Å². The number of carbonyl (C=O) groups is 1. The van der Waals surface area contributed by atoms with Crippen molar-refractivity contribution in [3.8, 4) is 0 Å². The highest BCUT2D eigenvalue weighted by atomic mass is 19.1. The smallest absolute Gasteiger partial charge is 0.257 e. The number of nitrogens with one attached hydrogen (secondary N) is 1. The minimum atomic E-state index is -0.470. The zero-order chi connectivity index (χ0) is 18.0. The average Bonchev–Trinajstić information content (AvgIpc) is 3.12. The summed E-state index contributed by atoms with van der Waals surface area (Å²) in [6, 6.07) is 7.85. The lowest BCUT2D eigenvalue weighted by atomic mass is 10.0. The maximum absolute atomic E-state index is 13.7. The van der Waals surface area contributed by atoms with Crippen LogP contribution >= 0.6 is 0 Å². The fourth-order valence-corrected chi connectivity index (χ4v) is 3.37. The number of halogens is 1. The van der Waals surface area contributed by atoms with Gasteiger partial charge in [-0.05, 0) is 18.2 Å². The number of carbonyl (C=O) groups excluding carboxylic acids is 1.